The second-order valence-electron chi connectivity index (χ2n) is 11.7. The summed E-state index contributed by atoms with van der Waals surface area (Å²) in [5.41, 5.74) is 3.95. The molecule has 0 spiro atoms. The number of carbonyl (C=O) groups excluding carboxylic acids is 3. The van der Waals surface area contributed by atoms with Crippen molar-refractivity contribution in [3.05, 3.63) is 53.6 Å². The SMILES string of the molecule is CCCN(CC(C)C)C(=O)CN1Cc2ccc(OCCCC(=O)NC3CCc4ccccc4N3)cc2N=C1NC(=O)NCC. The molecule has 1 atom stereocenters. The molecule has 4 rings (SSSR count). The van der Waals surface area contributed by atoms with Crippen molar-refractivity contribution < 1.29 is 19.1 Å². The molecule has 2 aliphatic heterocycles. The summed E-state index contributed by atoms with van der Waals surface area (Å²) in [5, 5.41) is 12.0. The average molecular weight is 606 g/mol. The van der Waals surface area contributed by atoms with Crippen molar-refractivity contribution in [1.82, 2.24) is 25.8 Å². The number of urea groups is 1. The molecule has 11 heteroatoms. The number of nitrogens with zero attached hydrogens (tertiary/aromatic N) is 3. The van der Waals surface area contributed by atoms with Crippen molar-refractivity contribution in [1.29, 1.82) is 0 Å². The van der Waals surface area contributed by atoms with Gasteiger partial charge in [0.15, 0.2) is 0 Å². The molecule has 0 fully saturated rings. The van der Waals surface area contributed by atoms with E-state index in [4.69, 9.17) is 9.73 Å². The molecule has 11 nitrogen and oxygen atoms in total. The van der Waals surface area contributed by atoms with Crippen LogP contribution in [-0.2, 0) is 22.6 Å². The Labute approximate surface area is 260 Å². The number of benzene rings is 2. The lowest BCUT2D eigenvalue weighted by Gasteiger charge is -2.32. The summed E-state index contributed by atoms with van der Waals surface area (Å²) < 4.78 is 5.96. The number of ether oxygens (including phenoxy) is 1. The zero-order chi connectivity index (χ0) is 31.5. The van der Waals surface area contributed by atoms with Crippen LogP contribution in [0.2, 0.25) is 0 Å². The van der Waals surface area contributed by atoms with Crippen LogP contribution in [0.1, 0.15) is 64.5 Å². The van der Waals surface area contributed by atoms with Crippen LogP contribution in [0.25, 0.3) is 0 Å². The predicted molar refractivity (Wildman–Crippen MR) is 173 cm³/mol. The summed E-state index contributed by atoms with van der Waals surface area (Å²) in [6.45, 7) is 10.8. The van der Waals surface area contributed by atoms with Crippen LogP contribution in [0.15, 0.2) is 47.5 Å². The Bertz CT molecular complexity index is 1330. The molecule has 2 aromatic carbocycles. The molecule has 0 aromatic heterocycles. The topological polar surface area (TPSA) is 127 Å². The van der Waals surface area contributed by atoms with E-state index in [0.29, 0.717) is 68.9 Å². The summed E-state index contributed by atoms with van der Waals surface area (Å²) in [7, 11) is 0. The lowest BCUT2D eigenvalue weighted by Crippen LogP contribution is -2.52. The van der Waals surface area contributed by atoms with E-state index in [1.165, 1.54) is 5.56 Å². The van der Waals surface area contributed by atoms with E-state index in [-0.39, 0.29) is 30.6 Å². The van der Waals surface area contributed by atoms with Crippen LogP contribution in [-0.4, -0.2) is 72.6 Å². The standard InChI is InChI=1S/C33H47N7O4/c1-5-17-39(20-23(3)4)31(42)22-40-21-25-13-15-26(19-28(25)36-32(40)38-33(43)34-6-2)44-18-9-12-30(41)37-29-16-14-24-10-7-8-11-27(24)35-29/h7-8,10-11,13,15,19,23,29,35H,5-6,9,12,14,16-18,20-22H2,1-4H3,(H,37,41)(H2,34,36,38,43). The number of amides is 4. The third-order valence-electron chi connectivity index (χ3n) is 7.47. The zero-order valence-corrected chi connectivity index (χ0v) is 26.4. The molecule has 0 saturated heterocycles. The maximum Gasteiger partial charge on any atom is 0.321 e. The summed E-state index contributed by atoms with van der Waals surface area (Å²) >= 11 is 0. The fourth-order valence-corrected chi connectivity index (χ4v) is 5.41. The fraction of sp³-hybridized carbons (Fsp3) is 0.515. The molecule has 0 radical (unpaired) electrons. The van der Waals surface area contributed by atoms with Crippen LogP contribution in [0.3, 0.4) is 0 Å². The van der Waals surface area contributed by atoms with Gasteiger partial charge < -0.3 is 30.5 Å². The highest BCUT2D eigenvalue weighted by Gasteiger charge is 2.26. The van der Waals surface area contributed by atoms with Crippen molar-refractivity contribution in [2.45, 2.75) is 72.5 Å². The largest absolute Gasteiger partial charge is 0.494 e. The van der Waals surface area contributed by atoms with Crippen LogP contribution in [0.4, 0.5) is 16.2 Å². The van der Waals surface area contributed by atoms with Gasteiger partial charge in [-0.3, -0.25) is 14.9 Å². The van der Waals surface area contributed by atoms with Gasteiger partial charge in [-0.05, 0) is 61.8 Å². The quantitative estimate of drug-likeness (QED) is 0.251. The van der Waals surface area contributed by atoms with Gasteiger partial charge in [0.25, 0.3) is 0 Å². The second-order valence-corrected chi connectivity index (χ2v) is 11.7. The van der Waals surface area contributed by atoms with Crippen molar-refractivity contribution in [2.75, 3.05) is 38.1 Å². The van der Waals surface area contributed by atoms with E-state index in [1.54, 1.807) is 0 Å². The van der Waals surface area contributed by atoms with E-state index < -0.39 is 0 Å². The minimum Gasteiger partial charge on any atom is -0.494 e. The normalized spacial score (nSPS) is 15.3. The molecule has 0 saturated carbocycles. The number of aliphatic imine (C=N–C) groups is 1. The predicted octanol–water partition coefficient (Wildman–Crippen LogP) is 4.36. The number of carbonyl (C=O) groups is 3. The van der Waals surface area contributed by atoms with Crippen molar-refractivity contribution in [3.63, 3.8) is 0 Å². The number of nitrogens with one attached hydrogen (secondary N) is 4. The number of aryl methyl sites for hydroxylation is 1. The lowest BCUT2D eigenvalue weighted by molar-refractivity contribution is -0.132. The molecule has 4 N–H and O–H groups in total. The van der Waals surface area contributed by atoms with Crippen LogP contribution < -0.4 is 26.0 Å². The Morgan fingerprint density at radius 2 is 1.95 bits per heavy atom. The fourth-order valence-electron chi connectivity index (χ4n) is 5.41. The van der Waals surface area contributed by atoms with Gasteiger partial charge in [0, 0.05) is 44.4 Å². The van der Waals surface area contributed by atoms with Gasteiger partial charge in [0.2, 0.25) is 17.8 Å². The average Bonchev–Trinajstić information content (AvgIpc) is 2.99. The van der Waals surface area contributed by atoms with Crippen LogP contribution in [0, 0.1) is 5.92 Å². The van der Waals surface area contributed by atoms with Gasteiger partial charge in [-0.25, -0.2) is 9.79 Å². The number of fused-ring (bicyclic) bond motifs is 2. The number of anilines is 1. The highest BCUT2D eigenvalue weighted by Crippen LogP contribution is 2.30. The third-order valence-corrected chi connectivity index (χ3v) is 7.47. The molecule has 2 heterocycles. The molecule has 0 aliphatic carbocycles. The Hall–Kier alpha value is -4.28. The Morgan fingerprint density at radius 1 is 1.14 bits per heavy atom. The first-order chi connectivity index (χ1) is 21.2. The van der Waals surface area contributed by atoms with Gasteiger partial charge in [0.1, 0.15) is 12.3 Å². The van der Waals surface area contributed by atoms with E-state index in [2.05, 4.69) is 48.1 Å². The van der Waals surface area contributed by atoms with Crippen molar-refractivity contribution >= 4 is 35.2 Å². The zero-order valence-electron chi connectivity index (χ0n) is 26.4. The number of guanidine groups is 1. The molecule has 44 heavy (non-hydrogen) atoms. The summed E-state index contributed by atoms with van der Waals surface area (Å²) in [5.74, 6) is 1.30. The minimum absolute atomic E-state index is 0.00229. The maximum atomic E-state index is 13.3. The first-order valence-corrected chi connectivity index (χ1v) is 15.8. The summed E-state index contributed by atoms with van der Waals surface area (Å²) in [6.07, 6.45) is 3.52. The van der Waals surface area contributed by atoms with Crippen LogP contribution in [0.5, 0.6) is 5.75 Å². The first kappa shape index (κ1) is 32.6. The summed E-state index contributed by atoms with van der Waals surface area (Å²) in [6, 6.07) is 13.4. The smallest absolute Gasteiger partial charge is 0.321 e. The molecular weight excluding hydrogens is 558 g/mol. The number of rotatable bonds is 13. The van der Waals surface area contributed by atoms with Gasteiger partial charge >= 0.3 is 6.03 Å². The van der Waals surface area contributed by atoms with E-state index in [0.717, 1.165) is 30.5 Å². The van der Waals surface area contributed by atoms with Gasteiger partial charge in [-0.1, -0.05) is 45.0 Å². The summed E-state index contributed by atoms with van der Waals surface area (Å²) in [4.78, 5) is 46.6. The maximum absolute atomic E-state index is 13.3. The Kier molecular flexibility index (Phi) is 11.8. The number of hydrogen-bond acceptors (Lipinski definition) is 7. The van der Waals surface area contributed by atoms with Crippen molar-refractivity contribution in [3.8, 4) is 5.75 Å². The Balaban J connectivity index is 1.33. The molecule has 2 aliphatic rings. The van der Waals surface area contributed by atoms with Gasteiger partial charge in [-0.2, -0.15) is 0 Å². The molecular formula is C33H47N7O4. The number of hydrogen-bond donors (Lipinski definition) is 4. The molecule has 238 valence electrons. The number of para-hydroxylation sites is 1. The van der Waals surface area contributed by atoms with Gasteiger partial charge in [0.05, 0.1) is 18.5 Å². The molecule has 0 bridgehead atoms. The highest BCUT2D eigenvalue weighted by molar-refractivity contribution is 5.99. The monoisotopic (exact) mass is 605 g/mol. The van der Waals surface area contributed by atoms with E-state index >= 15 is 0 Å². The van der Waals surface area contributed by atoms with E-state index in [9.17, 15) is 14.4 Å². The minimum atomic E-state index is -0.377. The first-order valence-electron chi connectivity index (χ1n) is 15.8. The Morgan fingerprint density at radius 3 is 2.73 bits per heavy atom. The van der Waals surface area contributed by atoms with E-state index in [1.807, 2.05) is 53.1 Å². The molecule has 2 aromatic rings. The molecule has 1 unspecified atom stereocenters. The second kappa shape index (κ2) is 16.0. The van der Waals surface area contributed by atoms with Gasteiger partial charge in [-0.15, -0.1) is 0 Å². The third kappa shape index (κ3) is 9.36. The lowest BCUT2D eigenvalue weighted by atomic mass is 10.0. The molecule has 4 amide bonds. The van der Waals surface area contributed by atoms with Crippen molar-refractivity contribution in [2.24, 2.45) is 10.9 Å². The highest BCUT2D eigenvalue weighted by atomic mass is 16.5. The van der Waals surface area contributed by atoms with Crippen LogP contribution >= 0.6 is 0 Å².